The number of aliphatic hydroxyl groups is 1. The summed E-state index contributed by atoms with van der Waals surface area (Å²) in [5.74, 6) is 0.938. The fraction of sp³-hybridized carbons (Fsp3) is 0.231. The van der Waals surface area contributed by atoms with Crippen LogP contribution in [0.3, 0.4) is 0 Å². The third-order valence-corrected chi connectivity index (χ3v) is 2.63. The summed E-state index contributed by atoms with van der Waals surface area (Å²) in [6, 6.07) is 8.15. The molecule has 5 N–H and O–H groups in total. The molecule has 0 unspecified atom stereocenters. The minimum Gasteiger partial charge on any atom is -0.508 e. The lowest BCUT2D eigenvalue weighted by Crippen LogP contribution is -2.13. The van der Waals surface area contributed by atoms with E-state index in [4.69, 9.17) is 5.73 Å². The van der Waals surface area contributed by atoms with Crippen LogP contribution in [0.1, 0.15) is 17.4 Å². The van der Waals surface area contributed by atoms with E-state index in [0.29, 0.717) is 17.9 Å². The van der Waals surface area contributed by atoms with Gasteiger partial charge in [0, 0.05) is 18.3 Å². The third-order valence-electron chi connectivity index (χ3n) is 2.63. The Morgan fingerprint density at radius 2 is 1.95 bits per heavy atom. The average Bonchev–Trinajstić information content (AvgIpc) is 2.36. The number of nitrogens with zero attached hydrogens (tertiary/aromatic N) is 2. The number of aromatic hydroxyl groups is 1. The second-order valence-corrected chi connectivity index (χ2v) is 4.24. The molecule has 0 aliphatic heterocycles. The van der Waals surface area contributed by atoms with Gasteiger partial charge >= 0.3 is 0 Å². The van der Waals surface area contributed by atoms with E-state index in [1.165, 1.54) is 12.1 Å². The van der Waals surface area contributed by atoms with Crippen LogP contribution in [0.4, 0.5) is 11.8 Å². The van der Waals surface area contributed by atoms with Crippen molar-refractivity contribution in [1.82, 2.24) is 9.97 Å². The van der Waals surface area contributed by atoms with Gasteiger partial charge in [-0.1, -0.05) is 12.1 Å². The number of nitrogens with one attached hydrogen (secondary N) is 1. The summed E-state index contributed by atoms with van der Waals surface area (Å²) in [5.41, 5.74) is 7.01. The molecule has 0 spiro atoms. The number of rotatable bonds is 4. The number of nitrogen functional groups attached to an aromatic ring is 1. The second kappa shape index (κ2) is 5.53. The van der Waals surface area contributed by atoms with Crippen LogP contribution in [-0.4, -0.2) is 26.7 Å². The molecule has 1 aromatic carbocycles. The van der Waals surface area contributed by atoms with Crippen LogP contribution >= 0.6 is 0 Å². The second-order valence-electron chi connectivity index (χ2n) is 4.24. The van der Waals surface area contributed by atoms with E-state index in [2.05, 4.69) is 15.3 Å². The van der Waals surface area contributed by atoms with Crippen molar-refractivity contribution in [2.75, 3.05) is 17.6 Å². The largest absolute Gasteiger partial charge is 0.508 e. The van der Waals surface area contributed by atoms with Crippen molar-refractivity contribution in [3.63, 3.8) is 0 Å². The third kappa shape index (κ3) is 3.56. The van der Waals surface area contributed by atoms with Gasteiger partial charge in [-0.25, -0.2) is 4.98 Å². The number of aryl methyl sites for hydroxylation is 1. The molecule has 1 heterocycles. The van der Waals surface area contributed by atoms with E-state index < -0.39 is 6.10 Å². The van der Waals surface area contributed by atoms with Crippen molar-refractivity contribution in [2.24, 2.45) is 0 Å². The molecule has 0 saturated heterocycles. The van der Waals surface area contributed by atoms with E-state index in [-0.39, 0.29) is 11.7 Å². The van der Waals surface area contributed by atoms with Crippen molar-refractivity contribution in [1.29, 1.82) is 0 Å². The molecule has 0 fully saturated rings. The molecule has 6 nitrogen and oxygen atoms in total. The Morgan fingerprint density at radius 3 is 2.58 bits per heavy atom. The maximum Gasteiger partial charge on any atom is 0.222 e. The molecule has 0 amide bonds. The molecule has 100 valence electrons. The Balaban J connectivity index is 1.99. The van der Waals surface area contributed by atoms with Crippen LogP contribution in [0.2, 0.25) is 0 Å². The summed E-state index contributed by atoms with van der Waals surface area (Å²) in [6.07, 6.45) is -0.697. The zero-order chi connectivity index (χ0) is 13.8. The van der Waals surface area contributed by atoms with Crippen LogP contribution in [0.15, 0.2) is 30.3 Å². The van der Waals surface area contributed by atoms with Gasteiger partial charge in [0.15, 0.2) is 0 Å². The van der Waals surface area contributed by atoms with Gasteiger partial charge in [-0.05, 0) is 24.6 Å². The highest BCUT2D eigenvalue weighted by Crippen LogP contribution is 2.17. The SMILES string of the molecule is Cc1cc(NC[C@H](O)c2ccc(O)cc2)nc(N)n1. The minimum absolute atomic E-state index is 0.170. The summed E-state index contributed by atoms with van der Waals surface area (Å²) in [6.45, 7) is 2.11. The highest BCUT2D eigenvalue weighted by atomic mass is 16.3. The topological polar surface area (TPSA) is 104 Å². The van der Waals surface area contributed by atoms with Crippen LogP contribution in [0, 0.1) is 6.92 Å². The van der Waals surface area contributed by atoms with Crippen LogP contribution in [0.5, 0.6) is 5.75 Å². The quantitative estimate of drug-likeness (QED) is 0.659. The number of hydrogen-bond acceptors (Lipinski definition) is 6. The van der Waals surface area contributed by atoms with E-state index in [1.54, 1.807) is 18.2 Å². The highest BCUT2D eigenvalue weighted by Gasteiger charge is 2.08. The lowest BCUT2D eigenvalue weighted by molar-refractivity contribution is 0.191. The standard InChI is InChI=1S/C13H16N4O2/c1-8-6-12(17-13(14)16-8)15-7-11(19)9-2-4-10(18)5-3-9/h2-6,11,18-19H,7H2,1H3,(H3,14,15,16,17)/t11-/m0/s1. The first-order valence-electron chi connectivity index (χ1n) is 5.86. The highest BCUT2D eigenvalue weighted by molar-refractivity contribution is 5.40. The maximum atomic E-state index is 9.99. The monoisotopic (exact) mass is 260 g/mol. The van der Waals surface area contributed by atoms with E-state index >= 15 is 0 Å². The van der Waals surface area contributed by atoms with E-state index in [9.17, 15) is 10.2 Å². The number of hydrogen-bond donors (Lipinski definition) is 4. The van der Waals surface area contributed by atoms with Gasteiger partial charge in [-0.2, -0.15) is 4.98 Å². The van der Waals surface area contributed by atoms with Crippen molar-refractivity contribution in [3.8, 4) is 5.75 Å². The first-order valence-corrected chi connectivity index (χ1v) is 5.86. The van der Waals surface area contributed by atoms with E-state index in [0.717, 1.165) is 5.69 Å². The molecule has 1 atom stereocenters. The van der Waals surface area contributed by atoms with Gasteiger partial charge < -0.3 is 21.3 Å². The zero-order valence-corrected chi connectivity index (χ0v) is 10.5. The smallest absolute Gasteiger partial charge is 0.222 e. The summed E-state index contributed by atoms with van der Waals surface area (Å²) < 4.78 is 0. The Hall–Kier alpha value is -2.34. The molecule has 6 heteroatoms. The zero-order valence-electron chi connectivity index (χ0n) is 10.5. The van der Waals surface area contributed by atoms with E-state index in [1.807, 2.05) is 6.92 Å². The van der Waals surface area contributed by atoms with Crippen LogP contribution in [0.25, 0.3) is 0 Å². The molecule has 19 heavy (non-hydrogen) atoms. The molecule has 0 aliphatic carbocycles. The number of phenols is 1. The van der Waals surface area contributed by atoms with Gasteiger partial charge in [0.05, 0.1) is 6.10 Å². The molecule has 2 aromatic rings. The Labute approximate surface area is 111 Å². The first-order chi connectivity index (χ1) is 9.04. The maximum absolute atomic E-state index is 9.99. The van der Waals surface area contributed by atoms with Crippen molar-refractivity contribution >= 4 is 11.8 Å². The lowest BCUT2D eigenvalue weighted by Gasteiger charge is -2.13. The lowest BCUT2D eigenvalue weighted by atomic mass is 10.1. The first kappa shape index (κ1) is 13.1. The number of aromatic nitrogens is 2. The molecule has 0 saturated carbocycles. The predicted octanol–water partition coefficient (Wildman–Crippen LogP) is 1.22. The fourth-order valence-electron chi connectivity index (χ4n) is 1.70. The fourth-order valence-corrected chi connectivity index (χ4v) is 1.70. The van der Waals surface area contributed by atoms with Crippen LogP contribution < -0.4 is 11.1 Å². The molecule has 2 rings (SSSR count). The summed E-state index contributed by atoms with van der Waals surface area (Å²) in [7, 11) is 0. The number of anilines is 2. The molecule has 1 aromatic heterocycles. The van der Waals surface area contributed by atoms with Gasteiger partial charge in [-0.15, -0.1) is 0 Å². The molecule has 0 radical (unpaired) electrons. The van der Waals surface area contributed by atoms with Crippen molar-refractivity contribution < 1.29 is 10.2 Å². The Bertz CT molecular complexity index is 537. The number of benzene rings is 1. The Morgan fingerprint density at radius 1 is 1.26 bits per heavy atom. The van der Waals surface area contributed by atoms with Gasteiger partial charge in [0.1, 0.15) is 11.6 Å². The van der Waals surface area contributed by atoms with Crippen molar-refractivity contribution in [2.45, 2.75) is 13.0 Å². The molecular formula is C13H16N4O2. The summed E-state index contributed by atoms with van der Waals surface area (Å²) >= 11 is 0. The number of aliphatic hydroxyl groups excluding tert-OH is 1. The molecule has 0 aliphatic rings. The average molecular weight is 260 g/mol. The van der Waals surface area contributed by atoms with Gasteiger partial charge in [-0.3, -0.25) is 0 Å². The normalized spacial score (nSPS) is 12.1. The minimum atomic E-state index is -0.697. The van der Waals surface area contributed by atoms with Crippen molar-refractivity contribution in [3.05, 3.63) is 41.6 Å². The van der Waals surface area contributed by atoms with Gasteiger partial charge in [0.25, 0.3) is 0 Å². The van der Waals surface area contributed by atoms with Crippen LogP contribution in [-0.2, 0) is 0 Å². The molecular weight excluding hydrogens is 244 g/mol. The number of nitrogens with two attached hydrogens (primary N) is 1. The Kier molecular flexibility index (Phi) is 3.82. The number of phenolic OH excluding ortho intramolecular Hbond substituents is 1. The molecule has 0 bridgehead atoms. The summed E-state index contributed by atoms with van der Waals surface area (Å²) in [5, 5.41) is 22.2. The predicted molar refractivity (Wildman–Crippen MR) is 72.7 cm³/mol. The van der Waals surface area contributed by atoms with Gasteiger partial charge in [0.2, 0.25) is 5.95 Å². The summed E-state index contributed by atoms with van der Waals surface area (Å²) in [4.78, 5) is 7.98.